The second kappa shape index (κ2) is 4.57. The van der Waals surface area contributed by atoms with Crippen LogP contribution in [0.2, 0.25) is 0 Å². The van der Waals surface area contributed by atoms with Crippen LogP contribution in [0, 0.1) is 6.92 Å². The summed E-state index contributed by atoms with van der Waals surface area (Å²) in [6, 6.07) is 8.71. The van der Waals surface area contributed by atoms with Gasteiger partial charge in [-0.2, -0.15) is 0 Å². The van der Waals surface area contributed by atoms with Gasteiger partial charge in [0.05, 0.1) is 0 Å². The molecule has 0 radical (unpaired) electrons. The Morgan fingerprint density at radius 1 is 1.09 bits per heavy atom. The van der Waals surface area contributed by atoms with E-state index < -0.39 is 5.34 Å². The van der Waals surface area contributed by atoms with Gasteiger partial charge in [-0.1, -0.05) is 0 Å². The quantitative estimate of drug-likeness (QED) is 0.391. The molecule has 0 amide bonds. The van der Waals surface area contributed by atoms with Crippen molar-refractivity contribution in [3.05, 3.63) is 29.8 Å². The summed E-state index contributed by atoms with van der Waals surface area (Å²) in [5.41, 5.74) is 1.45. The van der Waals surface area contributed by atoms with Crippen molar-refractivity contribution in [1.82, 2.24) is 0 Å². The van der Waals surface area contributed by atoms with Crippen LogP contribution in [0.3, 0.4) is 0 Å². The van der Waals surface area contributed by atoms with Gasteiger partial charge < -0.3 is 0 Å². The summed E-state index contributed by atoms with van der Waals surface area (Å²) >= 11 is 7.89. The first-order chi connectivity index (χ1) is 5.02. The Bertz CT molecular complexity index is 254. The molecular weight excluding hydrogens is 513 g/mol. The van der Waals surface area contributed by atoms with E-state index in [1.807, 2.05) is 0 Å². The van der Waals surface area contributed by atoms with Crippen LogP contribution >= 0.6 is 57.6 Å². The van der Waals surface area contributed by atoms with Gasteiger partial charge in [0.25, 0.3) is 0 Å². The van der Waals surface area contributed by atoms with E-state index in [-0.39, 0.29) is 0 Å². The van der Waals surface area contributed by atoms with Crippen LogP contribution in [0.25, 0.3) is 0 Å². The molecular formula is C7H7I3Ti. The predicted octanol–water partition coefficient (Wildman–Crippen LogP) is 3.82. The van der Waals surface area contributed by atoms with Gasteiger partial charge in [0.15, 0.2) is 0 Å². The first-order valence-corrected chi connectivity index (χ1v) is 19.0. The van der Waals surface area contributed by atoms with Crippen molar-refractivity contribution in [2.24, 2.45) is 0 Å². The van der Waals surface area contributed by atoms with Crippen molar-refractivity contribution in [2.75, 3.05) is 0 Å². The molecule has 0 aliphatic rings. The van der Waals surface area contributed by atoms with E-state index in [0.29, 0.717) is 0 Å². The van der Waals surface area contributed by atoms with Gasteiger partial charge in [0.1, 0.15) is 0 Å². The SMILES string of the molecule is Cc1cccc[c]1[Ti]([I])([I])[I]. The molecule has 0 spiro atoms. The van der Waals surface area contributed by atoms with Gasteiger partial charge in [-0.3, -0.25) is 0 Å². The minimum absolute atomic E-state index is 1.45. The number of benzene rings is 1. The van der Waals surface area contributed by atoms with Crippen molar-refractivity contribution < 1.29 is 5.34 Å². The van der Waals surface area contributed by atoms with Crippen LogP contribution in [0.15, 0.2) is 24.3 Å². The molecule has 0 aliphatic heterocycles. The first kappa shape index (κ1) is 11.2. The average Bonchev–Trinajstić information content (AvgIpc) is 1.86. The van der Waals surface area contributed by atoms with Crippen molar-refractivity contribution in [2.45, 2.75) is 6.92 Å². The molecule has 11 heavy (non-hydrogen) atoms. The van der Waals surface area contributed by atoms with Gasteiger partial charge in [-0.15, -0.1) is 0 Å². The zero-order valence-corrected chi connectivity index (χ0v) is 14.0. The molecule has 0 saturated carbocycles. The van der Waals surface area contributed by atoms with Crippen molar-refractivity contribution >= 4 is 61.4 Å². The second-order valence-electron chi connectivity index (χ2n) is 2.31. The average molecular weight is 520 g/mol. The van der Waals surface area contributed by atoms with Crippen LogP contribution < -0.4 is 3.87 Å². The number of rotatable bonds is 1. The normalized spacial score (nSPS) is 11.6. The molecule has 0 aliphatic carbocycles. The Labute approximate surface area is 101 Å². The van der Waals surface area contributed by atoms with Gasteiger partial charge in [0.2, 0.25) is 0 Å². The monoisotopic (exact) mass is 520 g/mol. The van der Waals surface area contributed by atoms with Crippen molar-refractivity contribution in [3.63, 3.8) is 0 Å². The van der Waals surface area contributed by atoms with Gasteiger partial charge in [-0.05, 0) is 0 Å². The Morgan fingerprint density at radius 2 is 1.64 bits per heavy atom. The van der Waals surface area contributed by atoms with Crippen LogP contribution in [-0.2, 0) is 5.34 Å². The molecule has 0 heterocycles. The first-order valence-electron chi connectivity index (χ1n) is 3.14. The maximum absolute atomic E-state index is 2.63. The van der Waals surface area contributed by atoms with E-state index in [9.17, 15) is 0 Å². The second-order valence-corrected chi connectivity index (χ2v) is 50.3. The Kier molecular flexibility index (Phi) is 4.65. The summed E-state index contributed by atoms with van der Waals surface area (Å²) in [5, 5.41) is -1.64. The fourth-order valence-corrected chi connectivity index (χ4v) is 9.65. The summed E-state index contributed by atoms with van der Waals surface area (Å²) in [7, 11) is 0. The Balaban J connectivity index is 3.14. The van der Waals surface area contributed by atoms with Gasteiger partial charge in [0, 0.05) is 0 Å². The molecule has 60 valence electrons. The van der Waals surface area contributed by atoms with E-state index in [1.54, 1.807) is 3.87 Å². The molecule has 0 unspecified atom stereocenters. The van der Waals surface area contributed by atoms with Crippen LogP contribution in [0.1, 0.15) is 5.56 Å². The molecule has 1 rings (SSSR count). The number of hydrogen-bond donors (Lipinski definition) is 0. The van der Waals surface area contributed by atoms with Crippen molar-refractivity contribution in [3.8, 4) is 0 Å². The maximum atomic E-state index is 2.63. The molecule has 1 aromatic carbocycles. The summed E-state index contributed by atoms with van der Waals surface area (Å²) in [6.07, 6.45) is 0. The predicted molar refractivity (Wildman–Crippen MR) is 72.9 cm³/mol. The Hall–Kier alpha value is 2.12. The van der Waals surface area contributed by atoms with Crippen LogP contribution in [0.4, 0.5) is 0 Å². The third kappa shape index (κ3) is 3.40. The van der Waals surface area contributed by atoms with E-state index in [2.05, 4.69) is 88.8 Å². The van der Waals surface area contributed by atoms with E-state index in [1.165, 1.54) is 5.56 Å². The summed E-state index contributed by atoms with van der Waals surface area (Å²) in [6.45, 7) is 2.20. The zero-order valence-electron chi connectivity index (χ0n) is 5.94. The third-order valence-electron chi connectivity index (χ3n) is 1.45. The summed E-state index contributed by atoms with van der Waals surface area (Å²) in [4.78, 5) is 0. The number of aryl methyl sites for hydroxylation is 1. The number of hydrogen-bond acceptors (Lipinski definition) is 0. The summed E-state index contributed by atoms with van der Waals surface area (Å²) in [5.74, 6) is 0. The molecule has 0 nitrogen and oxygen atoms in total. The molecule has 1 aromatic rings. The van der Waals surface area contributed by atoms with Gasteiger partial charge in [-0.25, -0.2) is 0 Å². The molecule has 4 heteroatoms. The van der Waals surface area contributed by atoms with E-state index >= 15 is 0 Å². The third-order valence-corrected chi connectivity index (χ3v) is 10.5. The van der Waals surface area contributed by atoms with Crippen LogP contribution in [0.5, 0.6) is 0 Å². The van der Waals surface area contributed by atoms with Crippen molar-refractivity contribution in [1.29, 1.82) is 0 Å². The topological polar surface area (TPSA) is 0 Å². The molecule has 0 saturated heterocycles. The number of halogens is 3. The van der Waals surface area contributed by atoms with Gasteiger partial charge >= 0.3 is 104 Å². The molecule has 0 atom stereocenters. The molecule has 0 N–H and O–H groups in total. The fourth-order valence-electron chi connectivity index (χ4n) is 0.891. The molecule has 0 bridgehead atoms. The molecule has 0 aromatic heterocycles. The standard InChI is InChI=1S/C7H7.3HI.Ti/c1-7-5-3-2-4-6-7;;;;/h2-5H,1H3;3*1H;/q;;;;+3/p-3. The Morgan fingerprint density at radius 3 is 2.00 bits per heavy atom. The minimum atomic E-state index is -1.64. The fraction of sp³-hybridized carbons (Fsp3) is 0.143. The van der Waals surface area contributed by atoms with E-state index in [4.69, 9.17) is 0 Å². The molecule has 0 fully saturated rings. The zero-order chi connectivity index (χ0) is 8.48. The van der Waals surface area contributed by atoms with E-state index in [0.717, 1.165) is 0 Å². The van der Waals surface area contributed by atoms with Crippen LogP contribution in [-0.4, -0.2) is 0 Å². The summed E-state index contributed by atoms with van der Waals surface area (Å²) < 4.78 is 1.59.